The van der Waals surface area contributed by atoms with Crippen LogP contribution in [0.2, 0.25) is 0 Å². The van der Waals surface area contributed by atoms with Crippen molar-refractivity contribution in [3.05, 3.63) is 59.7 Å². The summed E-state index contributed by atoms with van der Waals surface area (Å²) in [5.41, 5.74) is 8.09. The Balaban J connectivity index is 1.90. The molecule has 5 heteroatoms. The summed E-state index contributed by atoms with van der Waals surface area (Å²) in [4.78, 5) is 0. The smallest absolute Gasteiger partial charge is 0.157 e. The monoisotopic (exact) mass is 305 g/mol. The lowest BCUT2D eigenvalue weighted by Gasteiger charge is -2.08. The molecule has 2 aromatic carbocycles. The van der Waals surface area contributed by atoms with E-state index in [1.165, 1.54) is 0 Å². The number of nitrogens with two attached hydrogens (primary N) is 1. The van der Waals surface area contributed by atoms with Crippen molar-refractivity contribution in [3.8, 4) is 5.75 Å². The quantitative estimate of drug-likeness (QED) is 0.833. The van der Waals surface area contributed by atoms with E-state index in [4.69, 9.17) is 10.5 Å². The van der Waals surface area contributed by atoms with Crippen LogP contribution >= 0.6 is 0 Å². The van der Waals surface area contributed by atoms with E-state index in [1.54, 1.807) is 24.3 Å². The first kappa shape index (κ1) is 15.4. The number of hydrogen-bond donors (Lipinski definition) is 1. The lowest BCUT2D eigenvalue weighted by atomic mass is 10.2. The number of nitrogen functional groups attached to an aromatic ring is 1. The molecule has 0 radical (unpaired) electrons. The van der Waals surface area contributed by atoms with Crippen molar-refractivity contribution in [1.29, 1.82) is 0 Å². The Morgan fingerprint density at radius 2 is 1.86 bits per heavy atom. The minimum absolute atomic E-state index is 0.0181. The van der Waals surface area contributed by atoms with Crippen molar-refractivity contribution in [2.75, 3.05) is 18.1 Å². The van der Waals surface area contributed by atoms with Crippen molar-refractivity contribution in [1.82, 2.24) is 0 Å². The molecule has 2 aromatic rings. The van der Waals surface area contributed by atoms with Crippen LogP contribution < -0.4 is 10.5 Å². The third kappa shape index (κ3) is 5.11. The van der Waals surface area contributed by atoms with E-state index in [9.17, 15) is 8.42 Å². The van der Waals surface area contributed by atoms with Crippen LogP contribution in [0.25, 0.3) is 0 Å². The molecule has 2 rings (SSSR count). The molecule has 4 nitrogen and oxygen atoms in total. The topological polar surface area (TPSA) is 69.4 Å². The molecule has 0 spiro atoms. The summed E-state index contributed by atoms with van der Waals surface area (Å²) in [5.74, 6) is 0.603. The second-order valence-electron chi connectivity index (χ2n) is 5.00. The van der Waals surface area contributed by atoms with Crippen LogP contribution in [-0.4, -0.2) is 20.8 Å². The Labute approximate surface area is 125 Å². The van der Waals surface area contributed by atoms with Gasteiger partial charge in [0, 0.05) is 11.8 Å². The number of aryl methyl sites for hydroxylation is 1. The molecule has 0 saturated heterocycles. The van der Waals surface area contributed by atoms with Crippen molar-refractivity contribution < 1.29 is 13.2 Å². The Hall–Kier alpha value is -2.01. The van der Waals surface area contributed by atoms with Gasteiger partial charge in [-0.2, -0.15) is 0 Å². The highest BCUT2D eigenvalue weighted by Crippen LogP contribution is 2.15. The first-order valence-corrected chi connectivity index (χ1v) is 8.51. The van der Waals surface area contributed by atoms with Crippen LogP contribution in [0.15, 0.2) is 48.5 Å². The summed E-state index contributed by atoms with van der Waals surface area (Å²) in [6, 6.07) is 14.5. The number of hydrogen-bond acceptors (Lipinski definition) is 4. The molecule has 0 atom stereocenters. The molecule has 0 aliphatic carbocycles. The van der Waals surface area contributed by atoms with Gasteiger partial charge in [0.25, 0.3) is 0 Å². The fourth-order valence-corrected chi connectivity index (χ4v) is 3.19. The highest BCUT2D eigenvalue weighted by molar-refractivity contribution is 7.90. The maximum Gasteiger partial charge on any atom is 0.157 e. The van der Waals surface area contributed by atoms with Crippen LogP contribution in [0.4, 0.5) is 5.69 Å². The highest BCUT2D eigenvalue weighted by Gasteiger charge is 2.12. The SMILES string of the molecule is Cc1cccc(CS(=O)(=O)CCOc2cccc(N)c2)c1. The van der Waals surface area contributed by atoms with E-state index < -0.39 is 9.84 Å². The molecule has 2 N–H and O–H groups in total. The summed E-state index contributed by atoms with van der Waals surface area (Å²) in [5, 5.41) is 0. The van der Waals surface area contributed by atoms with Gasteiger partial charge >= 0.3 is 0 Å². The normalized spacial score (nSPS) is 11.3. The lowest BCUT2D eigenvalue weighted by Crippen LogP contribution is -2.16. The molecule has 0 saturated carbocycles. The van der Waals surface area contributed by atoms with Gasteiger partial charge in [0.1, 0.15) is 12.4 Å². The molecule has 112 valence electrons. The number of benzene rings is 2. The van der Waals surface area contributed by atoms with Crippen molar-refractivity contribution in [2.24, 2.45) is 0 Å². The number of sulfone groups is 1. The standard InChI is InChI=1S/C16H19NO3S/c1-13-4-2-5-14(10-13)12-21(18,19)9-8-20-16-7-3-6-15(17)11-16/h2-7,10-11H,8-9,12,17H2,1H3. The summed E-state index contributed by atoms with van der Waals surface area (Å²) >= 11 is 0. The van der Waals surface area contributed by atoms with E-state index in [0.29, 0.717) is 11.4 Å². The van der Waals surface area contributed by atoms with Crippen LogP contribution in [0.1, 0.15) is 11.1 Å². The van der Waals surface area contributed by atoms with Gasteiger partial charge in [-0.3, -0.25) is 0 Å². The third-order valence-corrected chi connectivity index (χ3v) is 4.55. The maximum absolute atomic E-state index is 12.1. The molecule has 0 unspecified atom stereocenters. The number of rotatable bonds is 6. The summed E-state index contributed by atoms with van der Waals surface area (Å²) in [7, 11) is -3.19. The first-order valence-electron chi connectivity index (χ1n) is 6.69. The van der Waals surface area contributed by atoms with Gasteiger partial charge in [0.05, 0.1) is 11.5 Å². The minimum atomic E-state index is -3.19. The maximum atomic E-state index is 12.1. The first-order chi connectivity index (χ1) is 9.94. The zero-order valence-electron chi connectivity index (χ0n) is 12.0. The van der Waals surface area contributed by atoms with Gasteiger partial charge < -0.3 is 10.5 Å². The van der Waals surface area contributed by atoms with Gasteiger partial charge in [0.15, 0.2) is 9.84 Å². The molecular formula is C16H19NO3S. The molecule has 0 amide bonds. The molecule has 0 bridgehead atoms. The van der Waals surface area contributed by atoms with Gasteiger partial charge in [0.2, 0.25) is 0 Å². The van der Waals surface area contributed by atoms with E-state index in [0.717, 1.165) is 11.1 Å². The molecular weight excluding hydrogens is 286 g/mol. The summed E-state index contributed by atoms with van der Waals surface area (Å²) < 4.78 is 29.6. The Morgan fingerprint density at radius 1 is 1.10 bits per heavy atom. The highest BCUT2D eigenvalue weighted by atomic mass is 32.2. The van der Waals surface area contributed by atoms with Gasteiger partial charge in [-0.05, 0) is 24.6 Å². The molecule has 21 heavy (non-hydrogen) atoms. The summed E-state index contributed by atoms with van der Waals surface area (Å²) in [6.07, 6.45) is 0. The van der Waals surface area contributed by atoms with E-state index in [-0.39, 0.29) is 18.1 Å². The fourth-order valence-electron chi connectivity index (χ4n) is 2.02. The summed E-state index contributed by atoms with van der Waals surface area (Å²) in [6.45, 7) is 2.07. The molecule has 0 aliphatic rings. The Morgan fingerprint density at radius 3 is 2.57 bits per heavy atom. The Kier molecular flexibility index (Phi) is 4.85. The van der Waals surface area contributed by atoms with Crippen molar-refractivity contribution >= 4 is 15.5 Å². The Bertz CT molecular complexity index is 711. The van der Waals surface area contributed by atoms with Crippen molar-refractivity contribution in [3.63, 3.8) is 0 Å². The van der Waals surface area contributed by atoms with Crippen LogP contribution in [-0.2, 0) is 15.6 Å². The predicted molar refractivity (Wildman–Crippen MR) is 85.0 cm³/mol. The number of anilines is 1. The van der Waals surface area contributed by atoms with Gasteiger partial charge in [-0.15, -0.1) is 0 Å². The second-order valence-corrected chi connectivity index (χ2v) is 7.19. The van der Waals surface area contributed by atoms with E-state index in [1.807, 2.05) is 31.2 Å². The molecule has 0 aliphatic heterocycles. The van der Waals surface area contributed by atoms with E-state index >= 15 is 0 Å². The molecule has 0 heterocycles. The molecule has 0 fully saturated rings. The van der Waals surface area contributed by atoms with Crippen LogP contribution in [0.3, 0.4) is 0 Å². The second kappa shape index (κ2) is 6.63. The van der Waals surface area contributed by atoms with Gasteiger partial charge in [-0.25, -0.2) is 8.42 Å². The average Bonchev–Trinajstić information content (AvgIpc) is 2.38. The van der Waals surface area contributed by atoms with Crippen molar-refractivity contribution in [2.45, 2.75) is 12.7 Å². The van der Waals surface area contributed by atoms with Crippen LogP contribution in [0, 0.1) is 6.92 Å². The zero-order chi connectivity index (χ0) is 15.3. The largest absolute Gasteiger partial charge is 0.492 e. The zero-order valence-corrected chi connectivity index (χ0v) is 12.8. The predicted octanol–water partition coefficient (Wildman–Crippen LogP) is 2.57. The minimum Gasteiger partial charge on any atom is -0.492 e. The molecule has 0 aromatic heterocycles. The van der Waals surface area contributed by atoms with Crippen LogP contribution in [0.5, 0.6) is 5.75 Å². The average molecular weight is 305 g/mol. The number of ether oxygens (including phenoxy) is 1. The lowest BCUT2D eigenvalue weighted by molar-refractivity contribution is 0.341. The van der Waals surface area contributed by atoms with E-state index in [2.05, 4.69) is 0 Å². The third-order valence-electron chi connectivity index (χ3n) is 2.99. The van der Waals surface area contributed by atoms with Gasteiger partial charge in [-0.1, -0.05) is 35.9 Å². The fraction of sp³-hybridized carbons (Fsp3) is 0.250.